The molecule has 0 amide bonds. The van der Waals surface area contributed by atoms with Crippen LogP contribution in [-0.4, -0.2) is 9.55 Å². The molecule has 3 rings (SSSR count). The molecule has 4 heteroatoms. The van der Waals surface area contributed by atoms with Gasteiger partial charge >= 0.3 is 0 Å². The van der Waals surface area contributed by atoms with Crippen molar-refractivity contribution in [2.45, 2.75) is 38.1 Å². The van der Waals surface area contributed by atoms with Crippen LogP contribution in [0.15, 0.2) is 29.3 Å². The molecule has 0 atom stereocenters. The Balaban J connectivity index is 2.30. The summed E-state index contributed by atoms with van der Waals surface area (Å²) in [6.45, 7) is 2.05. The van der Waals surface area contributed by atoms with Gasteiger partial charge in [-0.1, -0.05) is 18.9 Å². The zero-order chi connectivity index (χ0) is 12.8. The standard InChI is InChI=1S/C14H15FN2O/c1-14(7-2-3-8-14)17-9-16-11-6-4-5-10(15)12(11)13(17)18/h4-6,9H,2-3,7-8H2,1H3. The molecule has 1 aliphatic carbocycles. The van der Waals surface area contributed by atoms with Crippen molar-refractivity contribution in [2.24, 2.45) is 0 Å². The van der Waals surface area contributed by atoms with E-state index in [9.17, 15) is 9.18 Å². The third-order valence-electron chi connectivity index (χ3n) is 4.00. The second-order valence-corrected chi connectivity index (χ2v) is 5.26. The molecule has 0 bridgehead atoms. The van der Waals surface area contributed by atoms with E-state index in [4.69, 9.17) is 0 Å². The Morgan fingerprint density at radius 3 is 2.78 bits per heavy atom. The van der Waals surface area contributed by atoms with Gasteiger partial charge in [0.2, 0.25) is 0 Å². The van der Waals surface area contributed by atoms with Crippen LogP contribution in [0, 0.1) is 5.82 Å². The zero-order valence-corrected chi connectivity index (χ0v) is 10.3. The van der Waals surface area contributed by atoms with Crippen molar-refractivity contribution in [1.82, 2.24) is 9.55 Å². The van der Waals surface area contributed by atoms with Gasteiger partial charge in [0.05, 0.1) is 11.8 Å². The lowest BCUT2D eigenvalue weighted by molar-refractivity contribution is 0.317. The summed E-state index contributed by atoms with van der Waals surface area (Å²) >= 11 is 0. The van der Waals surface area contributed by atoms with Crippen LogP contribution >= 0.6 is 0 Å². The third-order valence-corrected chi connectivity index (χ3v) is 4.00. The summed E-state index contributed by atoms with van der Waals surface area (Å²) in [7, 11) is 0. The molecule has 0 aliphatic heterocycles. The average Bonchev–Trinajstić information content (AvgIpc) is 2.77. The second kappa shape index (κ2) is 3.90. The van der Waals surface area contributed by atoms with Gasteiger partial charge in [0.1, 0.15) is 11.2 Å². The van der Waals surface area contributed by atoms with Gasteiger partial charge in [-0.3, -0.25) is 9.36 Å². The van der Waals surface area contributed by atoms with Crippen molar-refractivity contribution in [3.8, 4) is 0 Å². The molecule has 18 heavy (non-hydrogen) atoms. The highest BCUT2D eigenvalue weighted by Gasteiger charge is 2.32. The number of hydrogen-bond donors (Lipinski definition) is 0. The van der Waals surface area contributed by atoms with Crippen molar-refractivity contribution in [3.05, 3.63) is 40.7 Å². The Labute approximate surface area is 104 Å². The van der Waals surface area contributed by atoms with Gasteiger partial charge in [-0.15, -0.1) is 0 Å². The van der Waals surface area contributed by atoms with Gasteiger partial charge in [0.15, 0.2) is 0 Å². The minimum Gasteiger partial charge on any atom is -0.293 e. The summed E-state index contributed by atoms with van der Waals surface area (Å²) in [5, 5.41) is 0.105. The lowest BCUT2D eigenvalue weighted by Crippen LogP contribution is -2.36. The minimum atomic E-state index is -0.485. The van der Waals surface area contributed by atoms with Crippen LogP contribution in [0.2, 0.25) is 0 Å². The summed E-state index contributed by atoms with van der Waals surface area (Å²) in [6, 6.07) is 4.56. The normalized spacial score (nSPS) is 18.3. The van der Waals surface area contributed by atoms with Crippen molar-refractivity contribution >= 4 is 10.9 Å². The summed E-state index contributed by atoms with van der Waals surface area (Å²) < 4.78 is 15.4. The maximum absolute atomic E-state index is 13.8. The van der Waals surface area contributed by atoms with Gasteiger partial charge in [-0.2, -0.15) is 0 Å². The largest absolute Gasteiger partial charge is 0.293 e. The van der Waals surface area contributed by atoms with E-state index >= 15 is 0 Å². The Morgan fingerprint density at radius 2 is 2.06 bits per heavy atom. The first kappa shape index (κ1) is 11.4. The topological polar surface area (TPSA) is 34.9 Å². The SMILES string of the molecule is CC1(n2cnc3cccc(F)c3c2=O)CCCC1. The van der Waals surface area contributed by atoms with Crippen molar-refractivity contribution in [3.63, 3.8) is 0 Å². The molecule has 0 N–H and O–H groups in total. The fraction of sp³-hybridized carbons (Fsp3) is 0.429. The molecule has 1 saturated carbocycles. The lowest BCUT2D eigenvalue weighted by atomic mass is 10.0. The highest BCUT2D eigenvalue weighted by Crippen LogP contribution is 2.35. The first-order valence-corrected chi connectivity index (χ1v) is 6.28. The molecule has 0 radical (unpaired) electrons. The Morgan fingerprint density at radius 1 is 1.33 bits per heavy atom. The molecule has 3 nitrogen and oxygen atoms in total. The predicted octanol–water partition coefficient (Wildman–Crippen LogP) is 2.82. The number of benzene rings is 1. The Hall–Kier alpha value is -1.71. The quantitative estimate of drug-likeness (QED) is 0.775. The fourth-order valence-electron chi connectivity index (χ4n) is 2.89. The predicted molar refractivity (Wildman–Crippen MR) is 68.1 cm³/mol. The first-order valence-electron chi connectivity index (χ1n) is 6.28. The number of rotatable bonds is 1. The summed E-state index contributed by atoms with van der Waals surface area (Å²) in [6.07, 6.45) is 5.69. The molecule has 0 spiro atoms. The summed E-state index contributed by atoms with van der Waals surface area (Å²) in [5.41, 5.74) is -0.0408. The van der Waals surface area contributed by atoms with E-state index in [1.807, 2.05) is 0 Å². The lowest BCUT2D eigenvalue weighted by Gasteiger charge is -2.26. The number of hydrogen-bond acceptors (Lipinski definition) is 2. The van der Waals surface area contributed by atoms with Crippen LogP contribution in [0.1, 0.15) is 32.6 Å². The van der Waals surface area contributed by atoms with Gasteiger partial charge in [-0.25, -0.2) is 9.37 Å². The van der Waals surface area contributed by atoms with E-state index in [-0.39, 0.29) is 16.5 Å². The maximum Gasteiger partial charge on any atom is 0.264 e. The number of aromatic nitrogens is 2. The van der Waals surface area contributed by atoms with Gasteiger partial charge in [0.25, 0.3) is 5.56 Å². The zero-order valence-electron chi connectivity index (χ0n) is 10.3. The van der Waals surface area contributed by atoms with Crippen LogP contribution in [-0.2, 0) is 5.54 Å². The smallest absolute Gasteiger partial charge is 0.264 e. The van der Waals surface area contributed by atoms with Gasteiger partial charge in [0, 0.05) is 5.54 Å². The Bertz CT molecular complexity index is 656. The number of nitrogens with zero attached hydrogens (tertiary/aromatic N) is 2. The molecule has 1 aromatic carbocycles. The number of halogens is 1. The number of fused-ring (bicyclic) bond motifs is 1. The molecular formula is C14H15FN2O. The van der Waals surface area contributed by atoms with Gasteiger partial charge < -0.3 is 0 Å². The molecule has 1 aromatic heterocycles. The van der Waals surface area contributed by atoms with E-state index in [1.165, 1.54) is 6.07 Å². The molecule has 1 aliphatic rings. The minimum absolute atomic E-state index is 0.105. The highest BCUT2D eigenvalue weighted by molar-refractivity contribution is 5.77. The Kier molecular flexibility index (Phi) is 2.47. The fourth-order valence-corrected chi connectivity index (χ4v) is 2.89. The van der Waals surface area contributed by atoms with Crippen LogP contribution in [0.25, 0.3) is 10.9 Å². The maximum atomic E-state index is 13.8. The van der Waals surface area contributed by atoms with E-state index < -0.39 is 5.82 Å². The van der Waals surface area contributed by atoms with Crippen LogP contribution in [0.3, 0.4) is 0 Å². The van der Waals surface area contributed by atoms with Crippen molar-refractivity contribution in [1.29, 1.82) is 0 Å². The van der Waals surface area contributed by atoms with Crippen LogP contribution in [0.4, 0.5) is 4.39 Å². The molecular weight excluding hydrogens is 231 g/mol. The monoisotopic (exact) mass is 246 g/mol. The van der Waals surface area contributed by atoms with E-state index in [2.05, 4.69) is 11.9 Å². The van der Waals surface area contributed by atoms with Crippen LogP contribution < -0.4 is 5.56 Å². The average molecular weight is 246 g/mol. The highest BCUT2D eigenvalue weighted by atomic mass is 19.1. The van der Waals surface area contributed by atoms with E-state index in [1.54, 1.807) is 23.0 Å². The van der Waals surface area contributed by atoms with Crippen molar-refractivity contribution < 1.29 is 4.39 Å². The summed E-state index contributed by atoms with van der Waals surface area (Å²) in [5.74, 6) is -0.485. The van der Waals surface area contributed by atoms with Crippen LogP contribution in [0.5, 0.6) is 0 Å². The van der Waals surface area contributed by atoms with E-state index in [0.29, 0.717) is 5.52 Å². The molecule has 1 heterocycles. The van der Waals surface area contributed by atoms with E-state index in [0.717, 1.165) is 25.7 Å². The first-order chi connectivity index (χ1) is 8.62. The summed E-state index contributed by atoms with van der Waals surface area (Å²) in [4.78, 5) is 16.6. The second-order valence-electron chi connectivity index (χ2n) is 5.26. The van der Waals surface area contributed by atoms with Crippen molar-refractivity contribution in [2.75, 3.05) is 0 Å². The molecule has 1 fully saturated rings. The van der Waals surface area contributed by atoms with Gasteiger partial charge in [-0.05, 0) is 31.9 Å². The molecule has 2 aromatic rings. The molecule has 0 saturated heterocycles. The third kappa shape index (κ3) is 1.55. The molecule has 0 unspecified atom stereocenters. The molecule has 94 valence electrons.